The molecule has 1 unspecified atom stereocenters. The SMILES string of the molecule is CCNC(=NCCN(C)CC(F)(F)F)NC1CCc2nc(COC)nn2C1.I. The standard InChI is InChI=1S/C16H28F3N7O.HI/c1-4-20-15(21-7-8-25(2)11-16(17,18)19)22-12-5-6-14-23-13(10-27-3)24-26(14)9-12;/h12H,4-11H2,1-3H3,(H2,20,21,22);1H. The summed E-state index contributed by atoms with van der Waals surface area (Å²) in [5.74, 6) is 2.21. The lowest BCUT2D eigenvalue weighted by atomic mass is 10.1. The van der Waals surface area contributed by atoms with E-state index in [9.17, 15) is 13.2 Å². The number of likely N-dealkylation sites (N-methyl/N-ethyl adjacent to an activating group) is 1. The summed E-state index contributed by atoms with van der Waals surface area (Å²) < 4.78 is 44.0. The molecule has 8 nitrogen and oxygen atoms in total. The van der Waals surface area contributed by atoms with Crippen LogP contribution in [0.15, 0.2) is 4.99 Å². The van der Waals surface area contributed by atoms with Crippen molar-refractivity contribution < 1.29 is 17.9 Å². The molecule has 1 aliphatic heterocycles. The third-order valence-corrected chi connectivity index (χ3v) is 4.06. The van der Waals surface area contributed by atoms with Gasteiger partial charge in [0, 0.05) is 32.7 Å². The highest BCUT2D eigenvalue weighted by Gasteiger charge is 2.28. The number of halogens is 4. The lowest BCUT2D eigenvalue weighted by Gasteiger charge is -2.25. The van der Waals surface area contributed by atoms with E-state index in [1.807, 2.05) is 11.6 Å². The van der Waals surface area contributed by atoms with Gasteiger partial charge in [-0.1, -0.05) is 0 Å². The number of aliphatic imine (C=N–C) groups is 1. The first-order valence-corrected chi connectivity index (χ1v) is 9.02. The molecule has 0 aliphatic carbocycles. The molecule has 0 radical (unpaired) electrons. The Morgan fingerprint density at radius 3 is 2.82 bits per heavy atom. The first-order chi connectivity index (χ1) is 12.8. The van der Waals surface area contributed by atoms with E-state index in [1.54, 1.807) is 7.11 Å². The van der Waals surface area contributed by atoms with E-state index in [0.717, 1.165) is 18.7 Å². The molecule has 162 valence electrons. The van der Waals surface area contributed by atoms with Crippen molar-refractivity contribution in [3.8, 4) is 0 Å². The molecular weight excluding hydrogens is 490 g/mol. The average Bonchev–Trinajstić information content (AvgIpc) is 2.95. The maximum atomic E-state index is 12.4. The van der Waals surface area contributed by atoms with Gasteiger partial charge in [-0.3, -0.25) is 9.89 Å². The molecular formula is C16H29F3IN7O. The predicted molar refractivity (Wildman–Crippen MR) is 111 cm³/mol. The van der Waals surface area contributed by atoms with Crippen LogP contribution in [0.1, 0.15) is 25.0 Å². The minimum absolute atomic E-state index is 0. The van der Waals surface area contributed by atoms with Crippen molar-refractivity contribution >= 4 is 29.9 Å². The van der Waals surface area contributed by atoms with Crippen LogP contribution in [-0.4, -0.2) is 78.2 Å². The lowest BCUT2D eigenvalue weighted by Crippen LogP contribution is -2.47. The number of nitrogens with zero attached hydrogens (tertiary/aromatic N) is 5. The molecule has 0 spiro atoms. The van der Waals surface area contributed by atoms with Gasteiger partial charge in [-0.25, -0.2) is 9.67 Å². The summed E-state index contributed by atoms with van der Waals surface area (Å²) >= 11 is 0. The number of hydrogen-bond acceptors (Lipinski definition) is 5. The Morgan fingerprint density at radius 2 is 2.18 bits per heavy atom. The van der Waals surface area contributed by atoms with E-state index in [2.05, 4.69) is 25.7 Å². The van der Waals surface area contributed by atoms with E-state index in [4.69, 9.17) is 4.74 Å². The second-order valence-electron chi connectivity index (χ2n) is 6.55. The van der Waals surface area contributed by atoms with Crippen LogP contribution >= 0.6 is 24.0 Å². The van der Waals surface area contributed by atoms with Crippen LogP contribution in [0.25, 0.3) is 0 Å². The Balaban J connectivity index is 0.00000392. The van der Waals surface area contributed by atoms with E-state index in [1.165, 1.54) is 11.9 Å². The summed E-state index contributed by atoms with van der Waals surface area (Å²) in [6, 6.07) is 0.125. The normalized spacial score (nSPS) is 17.2. The third kappa shape index (κ3) is 8.47. The van der Waals surface area contributed by atoms with Crippen LogP contribution in [0.2, 0.25) is 0 Å². The minimum atomic E-state index is -4.19. The molecule has 0 saturated heterocycles. The van der Waals surface area contributed by atoms with Gasteiger partial charge < -0.3 is 15.4 Å². The van der Waals surface area contributed by atoms with Crippen LogP contribution in [0.3, 0.4) is 0 Å². The van der Waals surface area contributed by atoms with E-state index in [-0.39, 0.29) is 43.1 Å². The molecule has 1 atom stereocenters. The molecule has 0 aromatic carbocycles. The Morgan fingerprint density at radius 1 is 1.43 bits per heavy atom. The summed E-state index contributed by atoms with van der Waals surface area (Å²) in [5, 5.41) is 10.9. The maximum absolute atomic E-state index is 12.4. The number of aryl methyl sites for hydroxylation is 1. The molecule has 28 heavy (non-hydrogen) atoms. The quantitative estimate of drug-likeness (QED) is 0.307. The van der Waals surface area contributed by atoms with Crippen LogP contribution in [0, 0.1) is 0 Å². The monoisotopic (exact) mass is 519 g/mol. The zero-order chi connectivity index (χ0) is 19.9. The second-order valence-corrected chi connectivity index (χ2v) is 6.55. The molecule has 2 N–H and O–H groups in total. The Hall–Kier alpha value is -1.15. The van der Waals surface area contributed by atoms with Crippen LogP contribution < -0.4 is 10.6 Å². The van der Waals surface area contributed by atoms with Crippen molar-refractivity contribution in [2.75, 3.05) is 40.3 Å². The van der Waals surface area contributed by atoms with E-state index >= 15 is 0 Å². The van der Waals surface area contributed by atoms with Gasteiger partial charge in [0.1, 0.15) is 12.4 Å². The zero-order valence-electron chi connectivity index (χ0n) is 16.4. The van der Waals surface area contributed by atoms with Crippen LogP contribution in [0.5, 0.6) is 0 Å². The number of nitrogens with one attached hydrogen (secondary N) is 2. The summed E-state index contributed by atoms with van der Waals surface area (Å²) in [6.07, 6.45) is -2.52. The average molecular weight is 519 g/mol. The third-order valence-electron chi connectivity index (χ3n) is 4.06. The summed E-state index contributed by atoms with van der Waals surface area (Å²) in [5.41, 5.74) is 0. The first-order valence-electron chi connectivity index (χ1n) is 9.02. The highest BCUT2D eigenvalue weighted by atomic mass is 127. The highest BCUT2D eigenvalue weighted by molar-refractivity contribution is 14.0. The molecule has 0 amide bonds. The molecule has 0 bridgehead atoms. The van der Waals surface area contributed by atoms with Gasteiger partial charge in [0.05, 0.1) is 19.6 Å². The summed E-state index contributed by atoms with van der Waals surface area (Å²) in [7, 11) is 3.05. The molecule has 2 heterocycles. The van der Waals surface area contributed by atoms with Crippen molar-refractivity contribution in [2.24, 2.45) is 4.99 Å². The number of aromatic nitrogens is 3. The fourth-order valence-corrected chi connectivity index (χ4v) is 2.90. The fraction of sp³-hybridized carbons (Fsp3) is 0.812. The predicted octanol–water partition coefficient (Wildman–Crippen LogP) is 1.41. The van der Waals surface area contributed by atoms with Crippen molar-refractivity contribution in [1.82, 2.24) is 30.3 Å². The number of alkyl halides is 3. The molecule has 0 saturated carbocycles. The smallest absolute Gasteiger partial charge is 0.377 e. The van der Waals surface area contributed by atoms with E-state index < -0.39 is 12.7 Å². The Bertz CT molecular complexity index is 624. The van der Waals surface area contributed by atoms with Gasteiger partial charge in [0.25, 0.3) is 0 Å². The number of methoxy groups -OCH3 is 1. The van der Waals surface area contributed by atoms with Gasteiger partial charge >= 0.3 is 6.18 Å². The van der Waals surface area contributed by atoms with Crippen molar-refractivity contribution in [1.29, 1.82) is 0 Å². The molecule has 0 fully saturated rings. The lowest BCUT2D eigenvalue weighted by molar-refractivity contribution is -0.142. The number of fused-ring (bicyclic) bond motifs is 1. The molecule has 12 heteroatoms. The summed E-state index contributed by atoms with van der Waals surface area (Å²) in [4.78, 5) is 10.0. The summed E-state index contributed by atoms with van der Waals surface area (Å²) in [6.45, 7) is 3.23. The zero-order valence-corrected chi connectivity index (χ0v) is 18.8. The molecule has 1 aromatic heterocycles. The van der Waals surface area contributed by atoms with Gasteiger partial charge in [-0.15, -0.1) is 24.0 Å². The van der Waals surface area contributed by atoms with Crippen molar-refractivity contribution in [3.63, 3.8) is 0 Å². The largest absolute Gasteiger partial charge is 0.401 e. The first kappa shape index (κ1) is 24.9. The van der Waals surface area contributed by atoms with Gasteiger partial charge in [0.15, 0.2) is 11.8 Å². The fourth-order valence-electron chi connectivity index (χ4n) is 2.90. The van der Waals surface area contributed by atoms with Gasteiger partial charge in [-0.05, 0) is 20.4 Å². The van der Waals surface area contributed by atoms with E-state index in [0.29, 0.717) is 31.5 Å². The topological polar surface area (TPSA) is 79.6 Å². The number of ether oxygens (including phenoxy) is 1. The minimum Gasteiger partial charge on any atom is -0.377 e. The van der Waals surface area contributed by atoms with Crippen molar-refractivity contribution in [3.05, 3.63) is 11.6 Å². The van der Waals surface area contributed by atoms with Gasteiger partial charge in [-0.2, -0.15) is 18.3 Å². The number of guanidine groups is 1. The Kier molecular flexibility index (Phi) is 10.4. The van der Waals surface area contributed by atoms with Gasteiger partial charge in [0.2, 0.25) is 0 Å². The molecule has 2 rings (SSSR count). The second kappa shape index (κ2) is 11.8. The Labute approximate surface area is 180 Å². The maximum Gasteiger partial charge on any atom is 0.401 e. The van der Waals surface area contributed by atoms with Crippen molar-refractivity contribution in [2.45, 2.75) is 45.1 Å². The number of hydrogen-bond donors (Lipinski definition) is 2. The molecule has 1 aromatic rings. The highest BCUT2D eigenvalue weighted by Crippen LogP contribution is 2.15. The van der Waals surface area contributed by atoms with Crippen LogP contribution in [-0.2, 0) is 24.3 Å². The van der Waals surface area contributed by atoms with Crippen LogP contribution in [0.4, 0.5) is 13.2 Å². The molecule has 1 aliphatic rings. The number of rotatable bonds is 8.